The number of carbonyl (C=O) groups excluding carboxylic acids is 2. The first-order valence-electron chi connectivity index (χ1n) is 9.36. The van der Waals surface area contributed by atoms with E-state index in [-0.39, 0.29) is 11.6 Å². The van der Waals surface area contributed by atoms with Crippen molar-refractivity contribution in [2.45, 2.75) is 27.7 Å². The Morgan fingerprint density at radius 1 is 0.571 bits per heavy atom. The summed E-state index contributed by atoms with van der Waals surface area (Å²) >= 11 is 0. The Morgan fingerprint density at radius 2 is 0.964 bits per heavy atom. The van der Waals surface area contributed by atoms with Crippen LogP contribution in [-0.2, 0) is 9.59 Å². The van der Waals surface area contributed by atoms with E-state index in [1.54, 1.807) is 12.2 Å². The van der Waals surface area contributed by atoms with Crippen LogP contribution in [0.5, 0.6) is 0 Å². The van der Waals surface area contributed by atoms with Gasteiger partial charge in [0.25, 0.3) is 0 Å². The van der Waals surface area contributed by atoms with Gasteiger partial charge in [-0.25, -0.2) is 0 Å². The molecule has 0 bridgehead atoms. The van der Waals surface area contributed by atoms with Gasteiger partial charge in [0, 0.05) is 11.1 Å². The first-order valence-corrected chi connectivity index (χ1v) is 9.36. The predicted octanol–water partition coefficient (Wildman–Crippen LogP) is 5.65. The minimum absolute atomic E-state index is 0.151. The van der Waals surface area contributed by atoms with Gasteiger partial charge in [-0.2, -0.15) is 0 Å². The van der Waals surface area contributed by atoms with E-state index in [2.05, 4.69) is 24.3 Å². The first kappa shape index (κ1) is 19.5. The zero-order chi connectivity index (χ0) is 20.3. The molecule has 0 aromatic heterocycles. The molecule has 1 aliphatic rings. The second kappa shape index (κ2) is 8.18. The Balaban J connectivity index is 1.80. The lowest BCUT2D eigenvalue weighted by Crippen LogP contribution is -2.10. The number of hydrogen-bond donors (Lipinski definition) is 0. The monoisotopic (exact) mass is 368 g/mol. The minimum Gasteiger partial charge on any atom is -0.289 e. The molecule has 2 aromatic carbocycles. The highest BCUT2D eigenvalue weighted by molar-refractivity contribution is 6.22. The molecule has 1 aliphatic carbocycles. The van der Waals surface area contributed by atoms with E-state index in [9.17, 15) is 9.59 Å². The number of allylic oxidation sites excluding steroid dienone is 6. The fourth-order valence-corrected chi connectivity index (χ4v) is 3.09. The maximum absolute atomic E-state index is 12.5. The Kier molecular flexibility index (Phi) is 5.70. The topological polar surface area (TPSA) is 34.1 Å². The quantitative estimate of drug-likeness (QED) is 0.653. The van der Waals surface area contributed by atoms with Crippen LogP contribution in [0, 0.1) is 27.7 Å². The van der Waals surface area contributed by atoms with Crippen LogP contribution in [0.4, 0.5) is 0 Å². The molecule has 28 heavy (non-hydrogen) atoms. The molecule has 2 aromatic rings. The van der Waals surface area contributed by atoms with Crippen LogP contribution in [0.25, 0.3) is 12.2 Å². The molecular formula is C26H24O2. The van der Waals surface area contributed by atoms with Gasteiger partial charge in [0.2, 0.25) is 0 Å². The predicted molar refractivity (Wildman–Crippen MR) is 116 cm³/mol. The third-order valence-corrected chi connectivity index (χ3v) is 4.90. The van der Waals surface area contributed by atoms with Crippen LogP contribution in [0.3, 0.4) is 0 Å². The summed E-state index contributed by atoms with van der Waals surface area (Å²) in [5.74, 6) is -0.302. The summed E-state index contributed by atoms with van der Waals surface area (Å²) in [6, 6.07) is 12.3. The van der Waals surface area contributed by atoms with Crippen molar-refractivity contribution in [3.63, 3.8) is 0 Å². The first-order chi connectivity index (χ1) is 13.3. The van der Waals surface area contributed by atoms with Gasteiger partial charge < -0.3 is 0 Å². The molecule has 0 unspecified atom stereocenters. The number of aryl methyl sites for hydroxylation is 4. The van der Waals surface area contributed by atoms with Gasteiger partial charge in [-0.1, -0.05) is 71.8 Å². The molecule has 0 N–H and O–H groups in total. The molecule has 2 heteroatoms. The van der Waals surface area contributed by atoms with E-state index in [0.29, 0.717) is 11.1 Å². The zero-order valence-electron chi connectivity index (χ0n) is 16.7. The largest absolute Gasteiger partial charge is 0.289 e. The summed E-state index contributed by atoms with van der Waals surface area (Å²) in [6.45, 7) is 8.11. The third-order valence-electron chi connectivity index (χ3n) is 4.90. The van der Waals surface area contributed by atoms with E-state index >= 15 is 0 Å². The summed E-state index contributed by atoms with van der Waals surface area (Å²) < 4.78 is 0. The number of benzene rings is 2. The highest BCUT2D eigenvalue weighted by Gasteiger charge is 2.16. The van der Waals surface area contributed by atoms with E-state index in [0.717, 1.165) is 33.4 Å². The van der Waals surface area contributed by atoms with Gasteiger partial charge >= 0.3 is 0 Å². The van der Waals surface area contributed by atoms with E-state index in [1.807, 2.05) is 52.0 Å². The Morgan fingerprint density at radius 3 is 1.36 bits per heavy atom. The van der Waals surface area contributed by atoms with Crippen LogP contribution in [0.15, 0.2) is 71.8 Å². The zero-order valence-corrected chi connectivity index (χ0v) is 16.7. The molecule has 0 spiro atoms. The Hall–Kier alpha value is -3.26. The lowest BCUT2D eigenvalue weighted by molar-refractivity contribution is -0.114. The molecule has 0 saturated carbocycles. The average molecular weight is 368 g/mol. The van der Waals surface area contributed by atoms with Crippen molar-refractivity contribution in [2.75, 3.05) is 0 Å². The van der Waals surface area contributed by atoms with Crippen molar-refractivity contribution >= 4 is 23.7 Å². The normalized spacial score (nSPS) is 14.7. The van der Waals surface area contributed by atoms with Gasteiger partial charge in [-0.15, -0.1) is 0 Å². The van der Waals surface area contributed by atoms with Crippen molar-refractivity contribution in [2.24, 2.45) is 0 Å². The fourth-order valence-electron chi connectivity index (χ4n) is 3.09. The van der Waals surface area contributed by atoms with E-state index in [1.165, 1.54) is 12.2 Å². The number of hydrogen-bond acceptors (Lipinski definition) is 2. The molecule has 0 amide bonds. The molecule has 140 valence electrons. The van der Waals surface area contributed by atoms with Gasteiger partial charge in [-0.3, -0.25) is 9.59 Å². The van der Waals surface area contributed by atoms with E-state index in [4.69, 9.17) is 0 Å². The lowest BCUT2D eigenvalue weighted by Gasteiger charge is -2.08. The molecular weight excluding hydrogens is 344 g/mol. The molecule has 0 aliphatic heterocycles. The highest BCUT2D eigenvalue weighted by atomic mass is 16.1. The summed E-state index contributed by atoms with van der Waals surface area (Å²) in [7, 11) is 0. The standard InChI is InChI=1S/C26H24O2/c1-17-5-7-19(3)21(13-17)9-11-23-15-26(28)24(16-25(23)27)12-10-22-14-18(2)6-8-20(22)4/h5-16H,1-4H3/b11-9+,12-10+. The Bertz CT molecular complexity index is 988. The maximum Gasteiger partial charge on any atom is 0.186 e. The number of ketones is 2. The fraction of sp³-hybridized carbons (Fsp3) is 0.154. The van der Waals surface area contributed by atoms with Gasteiger partial charge in [0.15, 0.2) is 11.6 Å². The summed E-state index contributed by atoms with van der Waals surface area (Å²) in [5.41, 5.74) is 7.49. The van der Waals surface area contributed by atoms with Crippen LogP contribution in [0.2, 0.25) is 0 Å². The lowest BCUT2D eigenvalue weighted by atomic mass is 9.94. The molecule has 2 nitrogen and oxygen atoms in total. The van der Waals surface area contributed by atoms with Crippen molar-refractivity contribution in [1.82, 2.24) is 0 Å². The molecule has 0 heterocycles. The average Bonchev–Trinajstić information content (AvgIpc) is 2.66. The molecule has 3 rings (SSSR count). The summed E-state index contributed by atoms with van der Waals surface area (Å²) in [6.07, 6.45) is 10.1. The summed E-state index contributed by atoms with van der Waals surface area (Å²) in [4.78, 5) is 24.9. The molecule has 0 atom stereocenters. The number of carbonyl (C=O) groups is 2. The second-order valence-electron chi connectivity index (χ2n) is 7.31. The van der Waals surface area contributed by atoms with Crippen molar-refractivity contribution in [3.05, 3.63) is 105 Å². The van der Waals surface area contributed by atoms with Crippen LogP contribution >= 0.6 is 0 Å². The third kappa shape index (κ3) is 4.52. The van der Waals surface area contributed by atoms with Crippen molar-refractivity contribution < 1.29 is 9.59 Å². The van der Waals surface area contributed by atoms with Crippen LogP contribution < -0.4 is 0 Å². The van der Waals surface area contributed by atoms with Crippen molar-refractivity contribution in [1.29, 1.82) is 0 Å². The smallest absolute Gasteiger partial charge is 0.186 e. The van der Waals surface area contributed by atoms with Gasteiger partial charge in [-0.05, 0) is 62.1 Å². The SMILES string of the molecule is Cc1ccc(C)c(/C=C/C2=CC(=O)C(/C=C/c3cc(C)ccc3C)=CC2=O)c1. The summed E-state index contributed by atoms with van der Waals surface area (Å²) in [5, 5.41) is 0. The highest BCUT2D eigenvalue weighted by Crippen LogP contribution is 2.19. The minimum atomic E-state index is -0.151. The van der Waals surface area contributed by atoms with Gasteiger partial charge in [0.05, 0.1) is 0 Å². The second-order valence-corrected chi connectivity index (χ2v) is 7.31. The van der Waals surface area contributed by atoms with Gasteiger partial charge in [0.1, 0.15) is 0 Å². The molecule has 0 saturated heterocycles. The van der Waals surface area contributed by atoms with Crippen molar-refractivity contribution in [3.8, 4) is 0 Å². The molecule has 0 fully saturated rings. The maximum atomic E-state index is 12.5. The molecule has 0 radical (unpaired) electrons. The number of rotatable bonds is 4. The van der Waals surface area contributed by atoms with Crippen LogP contribution in [-0.4, -0.2) is 11.6 Å². The Labute approximate surface area is 166 Å². The van der Waals surface area contributed by atoms with E-state index < -0.39 is 0 Å². The van der Waals surface area contributed by atoms with Crippen LogP contribution in [0.1, 0.15) is 33.4 Å².